The number of hydrazone groups is 1. The second-order valence-corrected chi connectivity index (χ2v) is 5.03. The lowest BCUT2D eigenvalue weighted by atomic mass is 10.1. The van der Waals surface area contributed by atoms with Gasteiger partial charge in [0.15, 0.2) is 5.11 Å². The van der Waals surface area contributed by atoms with E-state index in [0.717, 1.165) is 5.56 Å². The Labute approximate surface area is 106 Å². The van der Waals surface area contributed by atoms with Crippen molar-refractivity contribution in [3.05, 3.63) is 35.6 Å². The number of nitrogens with zero attached hydrogens (tertiary/aromatic N) is 1. The van der Waals surface area contributed by atoms with E-state index in [2.05, 4.69) is 15.8 Å². The van der Waals surface area contributed by atoms with Gasteiger partial charge in [-0.2, -0.15) is 5.10 Å². The van der Waals surface area contributed by atoms with Crippen LogP contribution in [-0.4, -0.2) is 16.9 Å². The van der Waals surface area contributed by atoms with Crippen LogP contribution in [0.5, 0.6) is 0 Å². The minimum absolute atomic E-state index is 0.102. The summed E-state index contributed by atoms with van der Waals surface area (Å²) in [6.07, 6.45) is 1.58. The van der Waals surface area contributed by atoms with Crippen molar-refractivity contribution in [2.75, 3.05) is 0 Å². The van der Waals surface area contributed by atoms with Gasteiger partial charge in [-0.1, -0.05) is 12.1 Å². The molecular formula is C12H16FN3S. The molecule has 0 radical (unpaired) electrons. The number of hydrogen-bond donors (Lipinski definition) is 2. The van der Waals surface area contributed by atoms with Crippen molar-refractivity contribution in [2.24, 2.45) is 5.10 Å². The molecule has 3 nitrogen and oxygen atoms in total. The van der Waals surface area contributed by atoms with Gasteiger partial charge in [-0.15, -0.1) is 0 Å². The molecule has 1 aromatic rings. The Bertz CT molecular complexity index is 407. The number of benzene rings is 1. The molecule has 2 N–H and O–H groups in total. The molecule has 0 fully saturated rings. The average molecular weight is 253 g/mol. The standard InChI is InChI=1S/C12H16FN3S/c1-12(2,3)15-11(17)16-14-8-9-4-6-10(13)7-5-9/h4-8H,1-3H3,(H2,15,16,17)/b14-8+. The van der Waals surface area contributed by atoms with Gasteiger partial charge < -0.3 is 5.32 Å². The minimum Gasteiger partial charge on any atom is -0.357 e. The van der Waals surface area contributed by atoms with Crippen LogP contribution in [0.3, 0.4) is 0 Å². The van der Waals surface area contributed by atoms with E-state index in [4.69, 9.17) is 12.2 Å². The highest BCUT2D eigenvalue weighted by molar-refractivity contribution is 7.80. The number of nitrogens with one attached hydrogen (secondary N) is 2. The fraction of sp³-hybridized carbons (Fsp3) is 0.333. The Hall–Kier alpha value is -1.49. The third-order valence-corrected chi connectivity index (χ3v) is 1.93. The first-order valence-corrected chi connectivity index (χ1v) is 5.64. The number of hydrogen-bond acceptors (Lipinski definition) is 2. The zero-order valence-electron chi connectivity index (χ0n) is 10.1. The van der Waals surface area contributed by atoms with Crippen LogP contribution in [0.25, 0.3) is 0 Å². The lowest BCUT2D eigenvalue weighted by Gasteiger charge is -2.21. The smallest absolute Gasteiger partial charge is 0.187 e. The zero-order chi connectivity index (χ0) is 12.9. The van der Waals surface area contributed by atoms with E-state index < -0.39 is 0 Å². The highest BCUT2D eigenvalue weighted by Crippen LogP contribution is 2.00. The summed E-state index contributed by atoms with van der Waals surface area (Å²) in [4.78, 5) is 0. The molecule has 5 heteroatoms. The van der Waals surface area contributed by atoms with E-state index >= 15 is 0 Å². The molecule has 0 atom stereocenters. The zero-order valence-corrected chi connectivity index (χ0v) is 10.9. The molecule has 17 heavy (non-hydrogen) atoms. The molecule has 0 saturated carbocycles. The Balaban J connectivity index is 2.45. The molecule has 1 rings (SSSR count). The van der Waals surface area contributed by atoms with Crippen LogP contribution in [0, 0.1) is 5.82 Å². The maximum absolute atomic E-state index is 12.6. The minimum atomic E-state index is -0.264. The topological polar surface area (TPSA) is 36.4 Å². The van der Waals surface area contributed by atoms with Crippen molar-refractivity contribution < 1.29 is 4.39 Å². The lowest BCUT2D eigenvalue weighted by Crippen LogP contribution is -2.44. The molecule has 0 unspecified atom stereocenters. The van der Waals surface area contributed by atoms with Crippen LogP contribution >= 0.6 is 12.2 Å². The fourth-order valence-electron chi connectivity index (χ4n) is 1.08. The first kappa shape index (κ1) is 13.6. The summed E-state index contributed by atoms with van der Waals surface area (Å²) in [6.45, 7) is 6.01. The van der Waals surface area contributed by atoms with E-state index in [9.17, 15) is 4.39 Å². The van der Waals surface area contributed by atoms with Crippen molar-refractivity contribution >= 4 is 23.5 Å². The highest BCUT2D eigenvalue weighted by Gasteiger charge is 2.09. The molecule has 0 aromatic heterocycles. The summed E-state index contributed by atoms with van der Waals surface area (Å²) < 4.78 is 12.6. The third kappa shape index (κ3) is 5.97. The predicted octanol–water partition coefficient (Wildman–Crippen LogP) is 2.42. The van der Waals surface area contributed by atoms with E-state index in [0.29, 0.717) is 5.11 Å². The maximum atomic E-state index is 12.6. The maximum Gasteiger partial charge on any atom is 0.187 e. The van der Waals surface area contributed by atoms with Gasteiger partial charge in [-0.25, -0.2) is 4.39 Å². The van der Waals surface area contributed by atoms with Crippen molar-refractivity contribution in [1.29, 1.82) is 0 Å². The largest absolute Gasteiger partial charge is 0.357 e. The number of rotatable bonds is 2. The van der Waals surface area contributed by atoms with Crippen molar-refractivity contribution in [3.63, 3.8) is 0 Å². The van der Waals surface area contributed by atoms with Crippen LogP contribution in [-0.2, 0) is 0 Å². The first-order chi connectivity index (χ1) is 7.87. The van der Waals surface area contributed by atoms with Gasteiger partial charge in [0, 0.05) is 5.54 Å². The summed E-state index contributed by atoms with van der Waals surface area (Å²) in [7, 11) is 0. The molecule has 1 aromatic carbocycles. The van der Waals surface area contributed by atoms with Crippen molar-refractivity contribution in [3.8, 4) is 0 Å². The lowest BCUT2D eigenvalue weighted by molar-refractivity contribution is 0.508. The quantitative estimate of drug-likeness (QED) is 0.483. The summed E-state index contributed by atoms with van der Waals surface area (Å²) >= 11 is 5.04. The Morgan fingerprint density at radius 3 is 2.41 bits per heavy atom. The molecule has 0 spiro atoms. The van der Waals surface area contributed by atoms with E-state index in [1.165, 1.54) is 12.1 Å². The monoisotopic (exact) mass is 253 g/mol. The van der Waals surface area contributed by atoms with Gasteiger partial charge in [0.05, 0.1) is 6.21 Å². The summed E-state index contributed by atoms with van der Waals surface area (Å²) in [5.41, 5.74) is 3.40. The molecule has 0 aliphatic heterocycles. The fourth-order valence-corrected chi connectivity index (χ4v) is 1.44. The molecule has 0 saturated heterocycles. The number of halogens is 1. The van der Waals surface area contributed by atoms with Gasteiger partial charge >= 0.3 is 0 Å². The Kier molecular flexibility index (Phi) is 4.57. The van der Waals surface area contributed by atoms with Gasteiger partial charge in [0.25, 0.3) is 0 Å². The second-order valence-electron chi connectivity index (χ2n) is 4.63. The molecule has 0 bridgehead atoms. The van der Waals surface area contributed by atoms with Gasteiger partial charge in [-0.3, -0.25) is 5.43 Å². The summed E-state index contributed by atoms with van der Waals surface area (Å²) in [5.74, 6) is -0.264. The van der Waals surface area contributed by atoms with Gasteiger partial charge in [-0.05, 0) is 50.7 Å². The molecule has 0 aliphatic rings. The van der Waals surface area contributed by atoms with Crippen LogP contribution in [0.1, 0.15) is 26.3 Å². The average Bonchev–Trinajstić information content (AvgIpc) is 2.18. The van der Waals surface area contributed by atoms with Crippen molar-refractivity contribution in [1.82, 2.24) is 10.7 Å². The Morgan fingerprint density at radius 2 is 1.88 bits per heavy atom. The molecule has 0 aliphatic carbocycles. The van der Waals surface area contributed by atoms with Crippen LogP contribution in [0.2, 0.25) is 0 Å². The Morgan fingerprint density at radius 1 is 1.29 bits per heavy atom. The normalized spacial score (nSPS) is 11.5. The third-order valence-electron chi connectivity index (χ3n) is 1.74. The van der Waals surface area contributed by atoms with Crippen molar-refractivity contribution in [2.45, 2.75) is 26.3 Å². The van der Waals surface area contributed by atoms with Gasteiger partial charge in [0.1, 0.15) is 5.82 Å². The molecular weight excluding hydrogens is 237 g/mol. The molecule has 0 heterocycles. The number of thiocarbonyl (C=S) groups is 1. The molecule has 0 amide bonds. The second kappa shape index (κ2) is 5.72. The highest BCUT2D eigenvalue weighted by atomic mass is 32.1. The van der Waals surface area contributed by atoms with E-state index in [1.54, 1.807) is 18.3 Å². The van der Waals surface area contributed by atoms with E-state index in [-0.39, 0.29) is 11.4 Å². The summed E-state index contributed by atoms with van der Waals surface area (Å²) in [5, 5.41) is 7.47. The first-order valence-electron chi connectivity index (χ1n) is 5.23. The van der Waals surface area contributed by atoms with Crippen LogP contribution in [0.4, 0.5) is 4.39 Å². The SMILES string of the molecule is CC(C)(C)NC(=S)N/N=C/c1ccc(F)cc1. The van der Waals surface area contributed by atoms with Crippen LogP contribution < -0.4 is 10.7 Å². The predicted molar refractivity (Wildman–Crippen MR) is 72.6 cm³/mol. The van der Waals surface area contributed by atoms with E-state index in [1.807, 2.05) is 20.8 Å². The van der Waals surface area contributed by atoms with Gasteiger partial charge in [0.2, 0.25) is 0 Å². The summed E-state index contributed by atoms with van der Waals surface area (Å²) in [6, 6.07) is 6.04. The van der Waals surface area contributed by atoms with Crippen LogP contribution in [0.15, 0.2) is 29.4 Å². The molecule has 92 valence electrons.